The van der Waals surface area contributed by atoms with Crippen LogP contribution in [0.1, 0.15) is 10.5 Å². The number of benzene rings is 1. The summed E-state index contributed by atoms with van der Waals surface area (Å²) >= 11 is 0. The second-order valence-electron chi connectivity index (χ2n) is 4.38. The Morgan fingerprint density at radius 1 is 1.29 bits per heavy atom. The van der Waals surface area contributed by atoms with Gasteiger partial charge >= 0.3 is 5.97 Å². The molecule has 1 N–H and O–H groups in total. The van der Waals surface area contributed by atoms with Crippen LogP contribution in [0.2, 0.25) is 0 Å². The number of aromatic carboxylic acids is 1. The first-order valence-corrected chi connectivity index (χ1v) is 7.47. The van der Waals surface area contributed by atoms with E-state index < -0.39 is 32.3 Å². The van der Waals surface area contributed by atoms with Crippen molar-refractivity contribution in [3.05, 3.63) is 35.5 Å². The average Bonchev–Trinajstić information content (AvgIpc) is 2.72. The van der Waals surface area contributed by atoms with Gasteiger partial charge in [0.25, 0.3) is 0 Å². The van der Waals surface area contributed by atoms with Crippen LogP contribution in [0, 0.1) is 11.6 Å². The summed E-state index contributed by atoms with van der Waals surface area (Å²) in [5, 5.41) is 12.5. The molecule has 9 heteroatoms. The van der Waals surface area contributed by atoms with E-state index in [4.69, 9.17) is 5.11 Å². The highest BCUT2D eigenvalue weighted by molar-refractivity contribution is 7.90. The third-order valence-corrected chi connectivity index (χ3v) is 3.87. The fraction of sp³-hybridized carbons (Fsp3) is 0.167. The van der Waals surface area contributed by atoms with Gasteiger partial charge in [0.2, 0.25) is 0 Å². The molecule has 1 heterocycles. The maximum atomic E-state index is 14.3. The number of rotatable bonds is 3. The van der Waals surface area contributed by atoms with Crippen molar-refractivity contribution in [1.82, 2.24) is 9.78 Å². The second kappa shape index (κ2) is 4.92. The number of nitrogens with zero attached hydrogens (tertiary/aromatic N) is 2. The largest absolute Gasteiger partial charge is 0.476 e. The molecule has 0 amide bonds. The number of halogens is 2. The molecule has 1 aromatic carbocycles. The van der Waals surface area contributed by atoms with E-state index in [-0.39, 0.29) is 17.0 Å². The molecule has 0 radical (unpaired) electrons. The Morgan fingerprint density at radius 2 is 1.90 bits per heavy atom. The normalized spacial score (nSPS) is 11.6. The molecule has 0 atom stereocenters. The van der Waals surface area contributed by atoms with Gasteiger partial charge in [0.05, 0.1) is 5.69 Å². The van der Waals surface area contributed by atoms with Gasteiger partial charge in [-0.25, -0.2) is 22.0 Å². The number of aryl methyl sites for hydroxylation is 1. The summed E-state index contributed by atoms with van der Waals surface area (Å²) in [6, 6.07) is 2.39. The van der Waals surface area contributed by atoms with Gasteiger partial charge in [-0.2, -0.15) is 5.10 Å². The quantitative estimate of drug-likeness (QED) is 0.926. The molecule has 0 saturated heterocycles. The van der Waals surface area contributed by atoms with Crippen molar-refractivity contribution in [2.45, 2.75) is 4.90 Å². The molecule has 112 valence electrons. The number of sulfone groups is 1. The van der Waals surface area contributed by atoms with Crippen LogP contribution in [0.25, 0.3) is 11.3 Å². The zero-order chi connectivity index (χ0) is 15.9. The van der Waals surface area contributed by atoms with Crippen LogP contribution in [-0.4, -0.2) is 35.5 Å². The molecule has 0 aliphatic carbocycles. The van der Waals surface area contributed by atoms with Gasteiger partial charge < -0.3 is 5.11 Å². The summed E-state index contributed by atoms with van der Waals surface area (Å²) in [6.45, 7) is 0. The molecule has 0 aliphatic rings. The second-order valence-corrected chi connectivity index (χ2v) is 6.37. The fourth-order valence-electron chi connectivity index (χ4n) is 1.84. The monoisotopic (exact) mass is 316 g/mol. The molecule has 0 bridgehead atoms. The maximum absolute atomic E-state index is 14.3. The van der Waals surface area contributed by atoms with E-state index >= 15 is 0 Å². The SMILES string of the molecule is Cn1nc(C(=O)O)cc1-c1cc(F)cc(S(C)(=O)=O)c1F. The highest BCUT2D eigenvalue weighted by Crippen LogP contribution is 2.29. The standard InChI is InChI=1S/C12H10F2N2O4S/c1-16-9(5-8(15-16)12(17)18)7-3-6(13)4-10(11(7)14)21(2,19)20/h3-5H,1-2H3,(H,17,18). The molecule has 0 aliphatic heterocycles. The minimum atomic E-state index is -3.97. The van der Waals surface area contributed by atoms with Crippen molar-refractivity contribution < 1.29 is 27.1 Å². The molecule has 0 unspecified atom stereocenters. The Balaban J connectivity index is 2.76. The Morgan fingerprint density at radius 3 is 2.38 bits per heavy atom. The number of hydrogen-bond donors (Lipinski definition) is 1. The van der Waals surface area contributed by atoms with E-state index in [1.54, 1.807) is 0 Å². The van der Waals surface area contributed by atoms with Crippen LogP contribution in [0.4, 0.5) is 8.78 Å². The minimum Gasteiger partial charge on any atom is -0.476 e. The van der Waals surface area contributed by atoms with E-state index in [1.165, 1.54) is 7.05 Å². The lowest BCUT2D eigenvalue weighted by Crippen LogP contribution is -2.05. The van der Waals surface area contributed by atoms with E-state index in [0.29, 0.717) is 6.07 Å². The van der Waals surface area contributed by atoms with E-state index in [2.05, 4.69) is 5.10 Å². The van der Waals surface area contributed by atoms with E-state index in [0.717, 1.165) is 23.1 Å². The van der Waals surface area contributed by atoms with Crippen molar-refractivity contribution in [3.63, 3.8) is 0 Å². The lowest BCUT2D eigenvalue weighted by Gasteiger charge is -2.08. The maximum Gasteiger partial charge on any atom is 0.356 e. The summed E-state index contributed by atoms with van der Waals surface area (Å²) in [7, 11) is -2.63. The van der Waals surface area contributed by atoms with Crippen LogP contribution in [0.5, 0.6) is 0 Å². The molecule has 0 spiro atoms. The zero-order valence-electron chi connectivity index (χ0n) is 11.0. The number of carboxylic acid groups (broad SMARTS) is 1. The zero-order valence-corrected chi connectivity index (χ0v) is 11.8. The topological polar surface area (TPSA) is 89.3 Å². The first-order chi connectivity index (χ1) is 9.61. The van der Waals surface area contributed by atoms with Gasteiger partial charge in [0.15, 0.2) is 21.3 Å². The predicted octanol–water partition coefficient (Wildman–Crippen LogP) is 1.47. The minimum absolute atomic E-state index is 0.0469. The lowest BCUT2D eigenvalue weighted by atomic mass is 10.1. The Labute approximate surface area is 118 Å². The van der Waals surface area contributed by atoms with Gasteiger partial charge in [-0.3, -0.25) is 4.68 Å². The third-order valence-electron chi connectivity index (χ3n) is 2.78. The first-order valence-electron chi connectivity index (χ1n) is 5.58. The third kappa shape index (κ3) is 2.77. The number of carboxylic acids is 1. The van der Waals surface area contributed by atoms with Crippen molar-refractivity contribution in [3.8, 4) is 11.3 Å². The van der Waals surface area contributed by atoms with Crippen molar-refractivity contribution in [1.29, 1.82) is 0 Å². The molecular formula is C12H10F2N2O4S. The molecule has 2 aromatic rings. The number of aromatic nitrogens is 2. The summed E-state index contributed by atoms with van der Waals surface area (Å²) < 4.78 is 51.8. The van der Waals surface area contributed by atoms with Gasteiger partial charge in [-0.1, -0.05) is 0 Å². The Bertz CT molecular complexity index is 843. The van der Waals surface area contributed by atoms with Crippen LogP contribution in [0.15, 0.2) is 23.1 Å². The number of carbonyl (C=O) groups is 1. The molecule has 6 nitrogen and oxygen atoms in total. The van der Waals surface area contributed by atoms with Crippen LogP contribution >= 0.6 is 0 Å². The summed E-state index contributed by atoms with van der Waals surface area (Å²) in [4.78, 5) is 10.0. The molecule has 0 saturated carbocycles. The first kappa shape index (κ1) is 15.1. The fourth-order valence-corrected chi connectivity index (χ4v) is 2.61. The summed E-state index contributed by atoms with van der Waals surface area (Å²) in [5.41, 5.74) is -0.788. The summed E-state index contributed by atoms with van der Waals surface area (Å²) in [5.74, 6) is -3.44. The van der Waals surface area contributed by atoms with Gasteiger partial charge in [-0.15, -0.1) is 0 Å². The number of hydrogen-bond acceptors (Lipinski definition) is 4. The predicted molar refractivity (Wildman–Crippen MR) is 68.6 cm³/mol. The van der Waals surface area contributed by atoms with Gasteiger partial charge in [-0.05, 0) is 18.2 Å². The molecule has 0 fully saturated rings. The van der Waals surface area contributed by atoms with E-state index in [1.807, 2.05) is 0 Å². The lowest BCUT2D eigenvalue weighted by molar-refractivity contribution is 0.0689. The molecule has 1 aromatic heterocycles. The van der Waals surface area contributed by atoms with Crippen LogP contribution in [0.3, 0.4) is 0 Å². The van der Waals surface area contributed by atoms with Gasteiger partial charge in [0.1, 0.15) is 10.7 Å². The van der Waals surface area contributed by atoms with Crippen LogP contribution in [-0.2, 0) is 16.9 Å². The average molecular weight is 316 g/mol. The molecule has 2 rings (SSSR count). The highest BCUT2D eigenvalue weighted by Gasteiger charge is 2.23. The van der Waals surface area contributed by atoms with Crippen LogP contribution < -0.4 is 0 Å². The Kier molecular flexibility index (Phi) is 3.54. The van der Waals surface area contributed by atoms with Crippen molar-refractivity contribution in [2.75, 3.05) is 6.26 Å². The molecule has 21 heavy (non-hydrogen) atoms. The summed E-state index contributed by atoms with van der Waals surface area (Å²) in [6.07, 6.45) is 0.751. The smallest absolute Gasteiger partial charge is 0.356 e. The Hall–Kier alpha value is -2.29. The van der Waals surface area contributed by atoms with Crippen molar-refractivity contribution >= 4 is 15.8 Å². The van der Waals surface area contributed by atoms with E-state index in [9.17, 15) is 22.0 Å². The molecular weight excluding hydrogens is 306 g/mol. The van der Waals surface area contributed by atoms with Crippen molar-refractivity contribution in [2.24, 2.45) is 7.05 Å². The highest BCUT2D eigenvalue weighted by atomic mass is 32.2. The van der Waals surface area contributed by atoms with Gasteiger partial charge in [0, 0.05) is 18.9 Å².